The maximum absolute atomic E-state index is 14.3. The van der Waals surface area contributed by atoms with E-state index in [2.05, 4.69) is 25.7 Å². The van der Waals surface area contributed by atoms with Crippen LogP contribution in [0.5, 0.6) is 5.75 Å². The number of alkyl halides is 3. The van der Waals surface area contributed by atoms with E-state index in [4.69, 9.17) is 33.7 Å². The Morgan fingerprint density at radius 2 is 1.70 bits per heavy atom. The summed E-state index contributed by atoms with van der Waals surface area (Å²) in [5.74, 6) is -3.29. The Morgan fingerprint density at radius 3 is 2.34 bits per heavy atom. The lowest BCUT2D eigenvalue weighted by atomic mass is 9.78. The molecule has 0 radical (unpaired) electrons. The number of amides is 4. The van der Waals surface area contributed by atoms with Crippen molar-refractivity contribution >= 4 is 57.9 Å². The third kappa shape index (κ3) is 9.13. The molecule has 4 rings (SSSR count). The maximum atomic E-state index is 14.3. The number of H-pyrrole nitrogens is 1. The average molecular weight is 743 g/mol. The molecule has 50 heavy (non-hydrogen) atoms. The average Bonchev–Trinajstić information content (AvgIpc) is 3.41. The van der Waals surface area contributed by atoms with Crippen molar-refractivity contribution in [2.24, 2.45) is 17.6 Å². The van der Waals surface area contributed by atoms with Gasteiger partial charge in [0.1, 0.15) is 30.0 Å². The second-order valence-electron chi connectivity index (χ2n) is 12.7. The molecular formula is C34H40Cl2F3N5O6. The van der Waals surface area contributed by atoms with Gasteiger partial charge in [0.25, 0.3) is 0 Å². The van der Waals surface area contributed by atoms with Crippen molar-refractivity contribution in [2.75, 3.05) is 0 Å². The summed E-state index contributed by atoms with van der Waals surface area (Å²) in [6.07, 6.45) is -4.49. The molecule has 3 aromatic rings. The molecule has 0 bridgehead atoms. The summed E-state index contributed by atoms with van der Waals surface area (Å²) in [7, 11) is 0. The van der Waals surface area contributed by atoms with Crippen LogP contribution in [0.15, 0.2) is 36.4 Å². The monoisotopic (exact) mass is 741 g/mol. The molecule has 2 aromatic carbocycles. The van der Waals surface area contributed by atoms with Crippen LogP contribution in [0, 0.1) is 11.8 Å². The number of ether oxygens (including phenoxy) is 2. The van der Waals surface area contributed by atoms with Crippen molar-refractivity contribution in [2.45, 2.75) is 90.4 Å². The van der Waals surface area contributed by atoms with Crippen LogP contribution in [0.4, 0.5) is 18.0 Å². The zero-order valence-electron chi connectivity index (χ0n) is 27.9. The molecule has 0 spiro atoms. The molecule has 1 aromatic heterocycles. The standard InChI is InChI=1S/C34H40Cl2F3N5O6/c1-5-17(3)26(29(40)45)42-31(47)33(11-10-25-23(15-33)22-13-20(35)14-24(36)28(22)41-25)44-30(46)27(18(4)6-2)43-32(48)49-16-19-8-7-9-21(12-19)50-34(37,38)39/h7-9,12-14,17-18,26-27,41H,5-6,10-11,15-16H2,1-4H3,(H2,40,45)(H,42,47)(H,43,48)(H,44,46)/t17-,18?,26-,27?,33+/m0/s1. The Balaban J connectivity index is 1.61. The number of carbonyl (C=O) groups is 4. The number of aromatic amines is 1. The minimum Gasteiger partial charge on any atom is -0.445 e. The number of hydrogen-bond donors (Lipinski definition) is 5. The van der Waals surface area contributed by atoms with E-state index in [0.717, 1.165) is 17.8 Å². The van der Waals surface area contributed by atoms with Crippen molar-refractivity contribution in [3.63, 3.8) is 0 Å². The second kappa shape index (κ2) is 15.8. The fourth-order valence-electron chi connectivity index (χ4n) is 6.00. The second-order valence-corrected chi connectivity index (χ2v) is 13.5. The summed E-state index contributed by atoms with van der Waals surface area (Å²) < 4.78 is 47.1. The molecule has 272 valence electrons. The first-order valence-corrected chi connectivity index (χ1v) is 16.9. The Hall–Kier alpha value is -4.17. The number of carbonyl (C=O) groups excluding carboxylic acids is 4. The Kier molecular flexibility index (Phi) is 12.2. The van der Waals surface area contributed by atoms with Gasteiger partial charge >= 0.3 is 12.5 Å². The number of aryl methyl sites for hydroxylation is 1. The number of hydrogen-bond acceptors (Lipinski definition) is 6. The Labute approximate surface area is 297 Å². The molecule has 11 nitrogen and oxygen atoms in total. The SMILES string of the molecule is CCC(C)C(NC(=O)OCc1cccc(OC(F)(F)F)c1)C(=O)N[C@]1(C(=O)N[C@H](C(N)=O)[C@@H](C)CC)CCc2[nH]c3c(Cl)cc(Cl)cc3c2C1. The van der Waals surface area contributed by atoms with Crippen LogP contribution in [0.1, 0.15) is 63.8 Å². The van der Waals surface area contributed by atoms with Gasteiger partial charge in [-0.3, -0.25) is 14.4 Å². The van der Waals surface area contributed by atoms with Crippen LogP contribution in [0.25, 0.3) is 10.9 Å². The zero-order chi connectivity index (χ0) is 37.0. The summed E-state index contributed by atoms with van der Waals surface area (Å²) in [4.78, 5) is 57.1. The number of rotatable bonds is 13. The first-order valence-electron chi connectivity index (χ1n) is 16.2. The number of alkyl carbamates (subject to hydrolysis) is 1. The van der Waals surface area contributed by atoms with Crippen LogP contribution in [0.2, 0.25) is 10.0 Å². The van der Waals surface area contributed by atoms with Gasteiger partial charge in [0.15, 0.2) is 0 Å². The van der Waals surface area contributed by atoms with Crippen LogP contribution in [-0.4, -0.2) is 52.8 Å². The fourth-order valence-corrected chi connectivity index (χ4v) is 6.54. The normalized spacial score (nSPS) is 18.3. The van der Waals surface area contributed by atoms with Gasteiger partial charge in [-0.05, 0) is 60.1 Å². The van der Waals surface area contributed by atoms with E-state index in [1.165, 1.54) is 12.1 Å². The third-order valence-electron chi connectivity index (χ3n) is 9.17. The molecule has 16 heteroatoms. The molecule has 4 amide bonds. The molecule has 0 aliphatic heterocycles. The van der Waals surface area contributed by atoms with Gasteiger partial charge in [-0.25, -0.2) is 4.79 Å². The lowest BCUT2D eigenvalue weighted by Crippen LogP contribution is -2.67. The van der Waals surface area contributed by atoms with Crippen LogP contribution in [0.3, 0.4) is 0 Å². The van der Waals surface area contributed by atoms with Gasteiger partial charge in [-0.15, -0.1) is 13.2 Å². The predicted octanol–water partition coefficient (Wildman–Crippen LogP) is 6.07. The minimum absolute atomic E-state index is 0.00340. The lowest BCUT2D eigenvalue weighted by molar-refractivity contribution is -0.274. The minimum atomic E-state index is -4.90. The van der Waals surface area contributed by atoms with Gasteiger partial charge < -0.3 is 36.1 Å². The van der Waals surface area contributed by atoms with Gasteiger partial charge in [0.2, 0.25) is 17.7 Å². The van der Waals surface area contributed by atoms with Crippen molar-refractivity contribution in [1.29, 1.82) is 0 Å². The Bertz CT molecular complexity index is 1750. The number of benzene rings is 2. The van der Waals surface area contributed by atoms with Crippen LogP contribution >= 0.6 is 23.2 Å². The van der Waals surface area contributed by atoms with Crippen molar-refractivity contribution in [1.82, 2.24) is 20.9 Å². The topological polar surface area (TPSA) is 165 Å². The number of halogens is 5. The van der Waals surface area contributed by atoms with E-state index in [1.54, 1.807) is 26.0 Å². The van der Waals surface area contributed by atoms with Gasteiger partial charge in [-0.1, -0.05) is 75.9 Å². The molecule has 1 heterocycles. The predicted molar refractivity (Wildman–Crippen MR) is 181 cm³/mol. The van der Waals surface area contributed by atoms with Crippen molar-refractivity contribution in [3.05, 3.63) is 63.3 Å². The summed E-state index contributed by atoms with van der Waals surface area (Å²) in [6.45, 7) is 6.75. The lowest BCUT2D eigenvalue weighted by Gasteiger charge is -2.39. The highest BCUT2D eigenvalue weighted by atomic mass is 35.5. The summed E-state index contributed by atoms with van der Waals surface area (Å²) >= 11 is 12.8. The number of nitrogens with one attached hydrogen (secondary N) is 4. The van der Waals surface area contributed by atoms with Crippen LogP contribution < -0.4 is 26.4 Å². The van der Waals surface area contributed by atoms with E-state index < -0.39 is 66.1 Å². The van der Waals surface area contributed by atoms with E-state index in [-0.39, 0.29) is 24.3 Å². The molecular weight excluding hydrogens is 702 g/mol. The largest absolute Gasteiger partial charge is 0.573 e. The maximum Gasteiger partial charge on any atom is 0.573 e. The van der Waals surface area contributed by atoms with Gasteiger partial charge in [0.05, 0.1) is 10.5 Å². The number of fused-ring (bicyclic) bond motifs is 3. The third-order valence-corrected chi connectivity index (χ3v) is 9.69. The number of nitrogens with two attached hydrogens (primary N) is 1. The molecule has 0 fully saturated rings. The van der Waals surface area contributed by atoms with Gasteiger partial charge in [0, 0.05) is 22.5 Å². The molecule has 0 saturated carbocycles. The first kappa shape index (κ1) is 38.6. The van der Waals surface area contributed by atoms with E-state index in [9.17, 15) is 32.3 Å². The smallest absolute Gasteiger partial charge is 0.445 e. The summed E-state index contributed by atoms with van der Waals surface area (Å²) in [5.41, 5.74) is 6.43. The summed E-state index contributed by atoms with van der Waals surface area (Å²) in [6, 6.07) is 6.03. The van der Waals surface area contributed by atoms with E-state index >= 15 is 0 Å². The van der Waals surface area contributed by atoms with Crippen molar-refractivity contribution < 1.29 is 41.8 Å². The highest BCUT2D eigenvalue weighted by Crippen LogP contribution is 2.38. The molecule has 0 saturated heterocycles. The molecule has 1 aliphatic carbocycles. The molecule has 1 aliphatic rings. The zero-order valence-corrected chi connectivity index (χ0v) is 29.4. The first-order chi connectivity index (χ1) is 23.5. The van der Waals surface area contributed by atoms with Crippen LogP contribution in [-0.2, 0) is 38.6 Å². The fraction of sp³-hybridized carbons (Fsp3) is 0.471. The number of aromatic nitrogens is 1. The van der Waals surface area contributed by atoms with Crippen molar-refractivity contribution in [3.8, 4) is 5.75 Å². The number of primary amides is 1. The molecule has 5 atom stereocenters. The molecule has 6 N–H and O–H groups in total. The van der Waals surface area contributed by atoms with Gasteiger partial charge in [-0.2, -0.15) is 0 Å². The van der Waals surface area contributed by atoms with E-state index in [0.29, 0.717) is 45.8 Å². The Morgan fingerprint density at radius 1 is 1.02 bits per heavy atom. The highest BCUT2D eigenvalue weighted by Gasteiger charge is 2.47. The molecule has 2 unspecified atom stereocenters. The quantitative estimate of drug-likeness (QED) is 0.143. The van der Waals surface area contributed by atoms with E-state index in [1.807, 2.05) is 13.8 Å². The summed E-state index contributed by atoms with van der Waals surface area (Å²) in [5, 5.41) is 9.65. The highest BCUT2D eigenvalue weighted by molar-refractivity contribution is 6.38.